The van der Waals surface area contributed by atoms with Gasteiger partial charge in [0.15, 0.2) is 0 Å². The Morgan fingerprint density at radius 2 is 1.61 bits per heavy atom. The second-order valence-electron chi connectivity index (χ2n) is 4.92. The zero-order chi connectivity index (χ0) is 12.5. The first-order valence-electron chi connectivity index (χ1n) is 6.33. The number of phenolic OH excluding ortho intramolecular Hbond substituents is 1. The predicted molar refractivity (Wildman–Crippen MR) is 75.1 cm³/mol. The van der Waals surface area contributed by atoms with E-state index < -0.39 is 0 Å². The highest BCUT2D eigenvalue weighted by molar-refractivity contribution is 6.32. The fraction of sp³-hybridized carbons (Fsp3) is 0.250. The van der Waals surface area contributed by atoms with Gasteiger partial charge in [0.2, 0.25) is 0 Å². The summed E-state index contributed by atoms with van der Waals surface area (Å²) in [6.45, 7) is 0. The lowest BCUT2D eigenvalue weighted by atomic mass is 9.80. The number of hydrogen-bond acceptors (Lipinski definition) is 1. The van der Waals surface area contributed by atoms with Gasteiger partial charge in [-0.2, -0.15) is 0 Å². The number of halogens is 1. The van der Waals surface area contributed by atoms with Crippen LogP contribution in [0.5, 0.6) is 5.75 Å². The summed E-state index contributed by atoms with van der Waals surface area (Å²) < 4.78 is 0. The van der Waals surface area contributed by atoms with Crippen LogP contribution in [0.25, 0.3) is 11.1 Å². The standard InChI is InChI=1S/C16H15ClO/c17-15-10-14(8-9-16(15)18)13-6-4-12(5-7-13)11-2-1-3-11/h4-11,18H,1-3H2. The van der Waals surface area contributed by atoms with Crippen molar-refractivity contribution in [3.8, 4) is 16.9 Å². The molecule has 0 aliphatic heterocycles. The minimum absolute atomic E-state index is 0.131. The van der Waals surface area contributed by atoms with Crippen molar-refractivity contribution in [2.75, 3.05) is 0 Å². The maximum atomic E-state index is 9.42. The molecule has 0 atom stereocenters. The van der Waals surface area contributed by atoms with E-state index in [1.807, 2.05) is 6.07 Å². The molecule has 1 N–H and O–H groups in total. The van der Waals surface area contributed by atoms with Gasteiger partial charge in [-0.1, -0.05) is 48.4 Å². The van der Waals surface area contributed by atoms with Crippen molar-refractivity contribution >= 4 is 11.6 Å². The Balaban J connectivity index is 1.89. The third-order valence-corrected chi connectivity index (χ3v) is 4.07. The summed E-state index contributed by atoms with van der Waals surface area (Å²) in [5.74, 6) is 0.897. The highest BCUT2D eigenvalue weighted by Gasteiger charge is 2.18. The minimum Gasteiger partial charge on any atom is -0.506 e. The maximum Gasteiger partial charge on any atom is 0.134 e. The molecule has 3 rings (SSSR count). The molecule has 2 heteroatoms. The normalized spacial score (nSPS) is 15.4. The van der Waals surface area contributed by atoms with Crippen molar-refractivity contribution in [1.29, 1.82) is 0 Å². The molecular formula is C16H15ClO. The van der Waals surface area contributed by atoms with E-state index in [0.29, 0.717) is 5.02 Å². The quantitative estimate of drug-likeness (QED) is 0.805. The lowest BCUT2D eigenvalue weighted by molar-refractivity contribution is 0.420. The van der Waals surface area contributed by atoms with Gasteiger partial charge < -0.3 is 5.11 Å². The molecule has 18 heavy (non-hydrogen) atoms. The van der Waals surface area contributed by atoms with Gasteiger partial charge in [0.1, 0.15) is 5.75 Å². The smallest absolute Gasteiger partial charge is 0.134 e. The topological polar surface area (TPSA) is 20.2 Å². The van der Waals surface area contributed by atoms with Gasteiger partial charge in [-0.05, 0) is 47.6 Å². The summed E-state index contributed by atoms with van der Waals surface area (Å²) in [4.78, 5) is 0. The van der Waals surface area contributed by atoms with Crippen molar-refractivity contribution in [1.82, 2.24) is 0 Å². The summed E-state index contributed by atoms with van der Waals surface area (Å²) in [6, 6.07) is 14.0. The molecule has 0 radical (unpaired) electrons. The van der Waals surface area contributed by atoms with E-state index in [2.05, 4.69) is 24.3 Å². The average molecular weight is 259 g/mol. The van der Waals surface area contributed by atoms with Crippen LogP contribution in [0.3, 0.4) is 0 Å². The summed E-state index contributed by atoms with van der Waals surface area (Å²) >= 11 is 5.93. The van der Waals surface area contributed by atoms with E-state index in [9.17, 15) is 5.11 Å². The predicted octanol–water partition coefficient (Wildman–Crippen LogP) is 4.98. The summed E-state index contributed by atoms with van der Waals surface area (Å²) in [5, 5.41) is 9.81. The third kappa shape index (κ3) is 2.11. The fourth-order valence-electron chi connectivity index (χ4n) is 2.38. The lowest BCUT2D eigenvalue weighted by Gasteiger charge is -2.25. The molecule has 1 aliphatic rings. The number of benzene rings is 2. The highest BCUT2D eigenvalue weighted by atomic mass is 35.5. The van der Waals surface area contributed by atoms with Crippen LogP contribution in [0.4, 0.5) is 0 Å². The van der Waals surface area contributed by atoms with E-state index in [1.165, 1.54) is 24.8 Å². The minimum atomic E-state index is 0.131. The molecule has 2 aromatic carbocycles. The number of aromatic hydroxyl groups is 1. The highest BCUT2D eigenvalue weighted by Crippen LogP contribution is 2.37. The van der Waals surface area contributed by atoms with Crippen molar-refractivity contribution in [3.63, 3.8) is 0 Å². The maximum absolute atomic E-state index is 9.42. The number of rotatable bonds is 2. The monoisotopic (exact) mass is 258 g/mol. The van der Waals surface area contributed by atoms with Gasteiger partial charge in [-0.3, -0.25) is 0 Å². The third-order valence-electron chi connectivity index (χ3n) is 3.77. The SMILES string of the molecule is Oc1ccc(-c2ccc(C3CCC3)cc2)cc1Cl. The molecule has 0 bridgehead atoms. The van der Waals surface area contributed by atoms with Crippen LogP contribution in [0.1, 0.15) is 30.7 Å². The van der Waals surface area contributed by atoms with E-state index in [0.717, 1.165) is 17.0 Å². The van der Waals surface area contributed by atoms with Crippen LogP contribution >= 0.6 is 11.6 Å². The van der Waals surface area contributed by atoms with Crippen molar-refractivity contribution in [2.45, 2.75) is 25.2 Å². The van der Waals surface area contributed by atoms with Crippen molar-refractivity contribution < 1.29 is 5.11 Å². The van der Waals surface area contributed by atoms with Gasteiger partial charge in [0, 0.05) is 0 Å². The fourth-order valence-corrected chi connectivity index (χ4v) is 2.56. The molecule has 0 aromatic heterocycles. The van der Waals surface area contributed by atoms with Gasteiger partial charge in [-0.25, -0.2) is 0 Å². The molecular weight excluding hydrogens is 244 g/mol. The molecule has 0 spiro atoms. The zero-order valence-corrected chi connectivity index (χ0v) is 10.8. The Labute approximate surface area is 112 Å². The number of hydrogen-bond donors (Lipinski definition) is 1. The van der Waals surface area contributed by atoms with E-state index in [1.54, 1.807) is 12.1 Å². The molecule has 1 nitrogen and oxygen atoms in total. The van der Waals surface area contributed by atoms with Gasteiger partial charge in [0.25, 0.3) is 0 Å². The lowest BCUT2D eigenvalue weighted by Crippen LogP contribution is -2.08. The first-order valence-corrected chi connectivity index (χ1v) is 6.71. The van der Waals surface area contributed by atoms with Crippen molar-refractivity contribution in [3.05, 3.63) is 53.1 Å². The Kier molecular flexibility index (Phi) is 3.00. The van der Waals surface area contributed by atoms with E-state index >= 15 is 0 Å². The summed E-state index contributed by atoms with van der Waals surface area (Å²) in [6.07, 6.45) is 4.01. The Bertz CT molecular complexity index is 556. The van der Waals surface area contributed by atoms with E-state index in [-0.39, 0.29) is 5.75 Å². The second kappa shape index (κ2) is 4.66. The van der Waals surface area contributed by atoms with Gasteiger partial charge in [-0.15, -0.1) is 0 Å². The molecule has 92 valence electrons. The first-order chi connectivity index (χ1) is 8.74. The van der Waals surface area contributed by atoms with Gasteiger partial charge >= 0.3 is 0 Å². The average Bonchev–Trinajstić information content (AvgIpc) is 2.32. The molecule has 1 fully saturated rings. The van der Waals surface area contributed by atoms with Crippen LogP contribution in [0.2, 0.25) is 5.02 Å². The first kappa shape index (κ1) is 11.6. The van der Waals surface area contributed by atoms with E-state index in [4.69, 9.17) is 11.6 Å². The summed E-state index contributed by atoms with van der Waals surface area (Å²) in [7, 11) is 0. The Hall–Kier alpha value is -1.47. The molecule has 0 amide bonds. The largest absolute Gasteiger partial charge is 0.506 e. The van der Waals surface area contributed by atoms with Crippen LogP contribution in [0, 0.1) is 0 Å². The molecule has 0 unspecified atom stereocenters. The van der Waals surface area contributed by atoms with Crippen LogP contribution in [0.15, 0.2) is 42.5 Å². The molecule has 1 aliphatic carbocycles. The second-order valence-corrected chi connectivity index (χ2v) is 5.32. The number of phenols is 1. The van der Waals surface area contributed by atoms with Crippen molar-refractivity contribution in [2.24, 2.45) is 0 Å². The van der Waals surface area contributed by atoms with Crippen LogP contribution in [-0.2, 0) is 0 Å². The summed E-state index contributed by atoms with van der Waals surface area (Å²) in [5.41, 5.74) is 3.62. The molecule has 0 heterocycles. The van der Waals surface area contributed by atoms with Crippen LogP contribution in [-0.4, -0.2) is 5.11 Å². The Morgan fingerprint density at radius 1 is 0.944 bits per heavy atom. The molecule has 0 saturated heterocycles. The molecule has 1 saturated carbocycles. The van der Waals surface area contributed by atoms with Crippen LogP contribution < -0.4 is 0 Å². The van der Waals surface area contributed by atoms with Gasteiger partial charge in [0.05, 0.1) is 5.02 Å². The zero-order valence-electron chi connectivity index (χ0n) is 10.1. The Morgan fingerprint density at radius 3 is 2.17 bits per heavy atom. The molecule has 2 aromatic rings.